The first kappa shape index (κ1) is 13.6. The Morgan fingerprint density at radius 1 is 0.955 bits per heavy atom. The summed E-state index contributed by atoms with van der Waals surface area (Å²) in [5.41, 5.74) is 3.09. The van der Waals surface area contributed by atoms with Crippen molar-refractivity contribution in [3.05, 3.63) is 71.8 Å². The molecule has 0 saturated heterocycles. The zero-order chi connectivity index (χ0) is 15.2. The highest BCUT2D eigenvalue weighted by Crippen LogP contribution is 2.78. The molecular formula is C20H20O2. The summed E-state index contributed by atoms with van der Waals surface area (Å²) in [7, 11) is 1.49. The third-order valence-corrected chi connectivity index (χ3v) is 5.73. The Hall–Kier alpha value is -2.09. The van der Waals surface area contributed by atoms with E-state index in [4.69, 9.17) is 4.74 Å². The lowest BCUT2D eigenvalue weighted by atomic mass is 9.64. The van der Waals surface area contributed by atoms with Crippen molar-refractivity contribution in [1.29, 1.82) is 0 Å². The smallest absolute Gasteiger partial charge is 0.308 e. The topological polar surface area (TPSA) is 26.3 Å². The molecule has 2 nitrogen and oxygen atoms in total. The molecule has 2 aromatic rings. The van der Waals surface area contributed by atoms with Gasteiger partial charge in [-0.15, -0.1) is 0 Å². The van der Waals surface area contributed by atoms with E-state index in [1.165, 1.54) is 18.2 Å². The number of carbonyl (C=O) groups excluding carboxylic acids is 1. The molecule has 0 amide bonds. The molecule has 2 aliphatic carbocycles. The first-order chi connectivity index (χ1) is 10.7. The van der Waals surface area contributed by atoms with Crippen LogP contribution in [0.2, 0.25) is 0 Å². The fourth-order valence-corrected chi connectivity index (χ4v) is 4.60. The minimum Gasteiger partial charge on any atom is -0.469 e. The summed E-state index contributed by atoms with van der Waals surface area (Å²) in [6.45, 7) is 0. The van der Waals surface area contributed by atoms with Gasteiger partial charge in [0.25, 0.3) is 0 Å². The van der Waals surface area contributed by atoms with Gasteiger partial charge < -0.3 is 4.74 Å². The summed E-state index contributed by atoms with van der Waals surface area (Å²) in [4.78, 5) is 11.8. The second-order valence-electron chi connectivity index (χ2n) is 6.72. The quantitative estimate of drug-likeness (QED) is 0.801. The van der Waals surface area contributed by atoms with Gasteiger partial charge in [-0.3, -0.25) is 4.79 Å². The van der Waals surface area contributed by atoms with Crippen molar-refractivity contribution < 1.29 is 9.53 Å². The fourth-order valence-electron chi connectivity index (χ4n) is 4.60. The summed E-state index contributed by atoms with van der Waals surface area (Å²) in [6, 6.07) is 21.5. The second kappa shape index (κ2) is 4.70. The van der Waals surface area contributed by atoms with E-state index in [0.717, 1.165) is 19.3 Å². The molecule has 2 heteroatoms. The summed E-state index contributed by atoms with van der Waals surface area (Å²) in [5, 5.41) is 0. The van der Waals surface area contributed by atoms with Gasteiger partial charge in [-0.1, -0.05) is 60.7 Å². The molecule has 4 rings (SSSR count). The van der Waals surface area contributed by atoms with Gasteiger partial charge in [0.2, 0.25) is 0 Å². The summed E-state index contributed by atoms with van der Waals surface area (Å²) < 4.78 is 4.92. The van der Waals surface area contributed by atoms with Gasteiger partial charge in [-0.25, -0.2) is 0 Å². The van der Waals surface area contributed by atoms with Crippen molar-refractivity contribution in [3.8, 4) is 0 Å². The Morgan fingerprint density at radius 3 is 1.91 bits per heavy atom. The van der Waals surface area contributed by atoms with Gasteiger partial charge in [0, 0.05) is 5.41 Å². The second-order valence-corrected chi connectivity index (χ2v) is 6.72. The van der Waals surface area contributed by atoms with Crippen molar-refractivity contribution in [2.24, 2.45) is 11.3 Å². The Morgan fingerprint density at radius 2 is 1.45 bits per heavy atom. The number of hydrogen-bond acceptors (Lipinski definition) is 2. The molecule has 0 unspecified atom stereocenters. The molecule has 2 saturated carbocycles. The molecule has 0 aromatic heterocycles. The molecule has 22 heavy (non-hydrogen) atoms. The maximum Gasteiger partial charge on any atom is 0.308 e. The van der Waals surface area contributed by atoms with Gasteiger partial charge >= 0.3 is 5.97 Å². The van der Waals surface area contributed by atoms with Gasteiger partial charge in [-0.2, -0.15) is 0 Å². The van der Waals surface area contributed by atoms with Crippen molar-refractivity contribution >= 4 is 5.97 Å². The van der Waals surface area contributed by atoms with Crippen LogP contribution in [0, 0.1) is 11.3 Å². The molecule has 0 heterocycles. The standard InChI is InChI=1S/C20H20O2/c1-22-18(21)15-12-19(13-15)14-20(19,16-8-4-2-5-9-16)17-10-6-3-7-11-17/h2-11,15H,12-14H2,1H3. The van der Waals surface area contributed by atoms with Gasteiger partial charge in [-0.05, 0) is 35.8 Å². The van der Waals surface area contributed by atoms with E-state index in [1.807, 2.05) is 0 Å². The predicted molar refractivity (Wildman–Crippen MR) is 85.5 cm³/mol. The van der Waals surface area contributed by atoms with Crippen molar-refractivity contribution in [1.82, 2.24) is 0 Å². The summed E-state index contributed by atoms with van der Waals surface area (Å²) >= 11 is 0. The van der Waals surface area contributed by atoms with Crippen LogP contribution in [-0.4, -0.2) is 13.1 Å². The Bertz CT molecular complexity index is 645. The lowest BCUT2D eigenvalue weighted by Crippen LogP contribution is -2.38. The highest BCUT2D eigenvalue weighted by Gasteiger charge is 2.74. The van der Waals surface area contributed by atoms with E-state index in [0.29, 0.717) is 0 Å². The molecule has 2 fully saturated rings. The van der Waals surface area contributed by atoms with E-state index < -0.39 is 0 Å². The van der Waals surface area contributed by atoms with E-state index in [1.54, 1.807) is 0 Å². The number of ether oxygens (including phenoxy) is 1. The highest BCUT2D eigenvalue weighted by atomic mass is 16.5. The largest absolute Gasteiger partial charge is 0.469 e. The normalized spacial score (nSPS) is 28.0. The fraction of sp³-hybridized carbons (Fsp3) is 0.350. The van der Waals surface area contributed by atoms with Crippen LogP contribution >= 0.6 is 0 Å². The van der Waals surface area contributed by atoms with Gasteiger partial charge in [0.1, 0.15) is 0 Å². The maximum atomic E-state index is 11.8. The van der Waals surface area contributed by atoms with Crippen LogP contribution in [0.1, 0.15) is 30.4 Å². The molecule has 1 spiro atoms. The zero-order valence-corrected chi connectivity index (χ0v) is 12.8. The van der Waals surface area contributed by atoms with Crippen LogP contribution in [0.4, 0.5) is 0 Å². The molecule has 0 bridgehead atoms. The molecule has 0 atom stereocenters. The molecule has 112 valence electrons. The molecule has 0 radical (unpaired) electrons. The minimum atomic E-state index is -0.0486. The molecule has 0 N–H and O–H groups in total. The lowest BCUT2D eigenvalue weighted by Gasteiger charge is -2.39. The van der Waals surface area contributed by atoms with Crippen molar-refractivity contribution in [3.63, 3.8) is 0 Å². The van der Waals surface area contributed by atoms with Crippen LogP contribution < -0.4 is 0 Å². The Kier molecular flexibility index (Phi) is 2.90. The zero-order valence-electron chi connectivity index (χ0n) is 12.8. The van der Waals surface area contributed by atoms with E-state index in [-0.39, 0.29) is 22.7 Å². The third kappa shape index (κ3) is 1.70. The number of methoxy groups -OCH3 is 1. The molecule has 0 aliphatic heterocycles. The average Bonchev–Trinajstić information content (AvgIpc) is 3.26. The molecule has 2 aliphatic rings. The summed E-state index contributed by atoms with van der Waals surface area (Å²) in [5.74, 6) is 0.0341. The number of esters is 1. The first-order valence-corrected chi connectivity index (χ1v) is 7.91. The monoisotopic (exact) mass is 292 g/mol. The first-order valence-electron chi connectivity index (χ1n) is 7.91. The molecule has 2 aromatic carbocycles. The van der Waals surface area contributed by atoms with Crippen LogP contribution in [0.25, 0.3) is 0 Å². The Labute approximate surface area is 131 Å². The summed E-state index contributed by atoms with van der Waals surface area (Å²) in [6.07, 6.45) is 3.04. The van der Waals surface area contributed by atoms with Crippen LogP contribution in [0.5, 0.6) is 0 Å². The highest BCUT2D eigenvalue weighted by molar-refractivity contribution is 5.75. The SMILES string of the molecule is COC(=O)C1CC2(C1)CC2(c1ccccc1)c1ccccc1. The van der Waals surface area contributed by atoms with Crippen molar-refractivity contribution in [2.45, 2.75) is 24.7 Å². The minimum absolute atomic E-state index is 0.0486. The third-order valence-electron chi connectivity index (χ3n) is 5.73. The van der Waals surface area contributed by atoms with Gasteiger partial charge in [0.15, 0.2) is 0 Å². The number of rotatable bonds is 3. The molecular weight excluding hydrogens is 272 g/mol. The van der Waals surface area contributed by atoms with E-state index >= 15 is 0 Å². The van der Waals surface area contributed by atoms with E-state index in [2.05, 4.69) is 60.7 Å². The van der Waals surface area contributed by atoms with Crippen LogP contribution in [0.3, 0.4) is 0 Å². The Balaban J connectivity index is 1.71. The predicted octanol–water partition coefficient (Wildman–Crippen LogP) is 3.95. The average molecular weight is 292 g/mol. The number of carbonyl (C=O) groups is 1. The van der Waals surface area contributed by atoms with E-state index in [9.17, 15) is 4.79 Å². The van der Waals surface area contributed by atoms with Crippen LogP contribution in [0.15, 0.2) is 60.7 Å². The van der Waals surface area contributed by atoms with Crippen LogP contribution in [-0.2, 0) is 14.9 Å². The number of hydrogen-bond donors (Lipinski definition) is 0. The van der Waals surface area contributed by atoms with Gasteiger partial charge in [0.05, 0.1) is 13.0 Å². The number of benzene rings is 2. The maximum absolute atomic E-state index is 11.8. The lowest BCUT2D eigenvalue weighted by molar-refractivity contribution is -0.151. The van der Waals surface area contributed by atoms with Crippen molar-refractivity contribution in [2.75, 3.05) is 7.11 Å².